The number of nitrogens with zero attached hydrogens (tertiary/aromatic N) is 4. The summed E-state index contributed by atoms with van der Waals surface area (Å²) >= 11 is 0. The van der Waals surface area contributed by atoms with Gasteiger partial charge in [-0.05, 0) is 18.6 Å². The number of hydrogen-bond acceptors (Lipinski definition) is 4. The van der Waals surface area contributed by atoms with Crippen molar-refractivity contribution in [1.29, 1.82) is 0 Å². The van der Waals surface area contributed by atoms with Crippen LogP contribution in [-0.4, -0.2) is 19.7 Å². The summed E-state index contributed by atoms with van der Waals surface area (Å²) in [5.41, 5.74) is 7.52. The molecule has 14 heavy (non-hydrogen) atoms. The summed E-state index contributed by atoms with van der Waals surface area (Å²) in [6, 6.07) is 1.66. The van der Waals surface area contributed by atoms with E-state index >= 15 is 0 Å². The Bertz CT molecular complexity index is 440. The van der Waals surface area contributed by atoms with E-state index in [1.54, 1.807) is 23.1 Å². The molecule has 2 aromatic rings. The van der Waals surface area contributed by atoms with Gasteiger partial charge < -0.3 is 5.73 Å². The molecule has 2 N–H and O–H groups in total. The third-order valence-electron chi connectivity index (χ3n) is 2.01. The molecule has 0 bridgehead atoms. The Hall–Kier alpha value is -1.91. The molecule has 0 aliphatic heterocycles. The molecule has 0 saturated carbocycles. The normalized spacial score (nSPS) is 10.4. The summed E-state index contributed by atoms with van der Waals surface area (Å²) in [6.45, 7) is 1.97. The lowest BCUT2D eigenvalue weighted by molar-refractivity contribution is 0.769. The van der Waals surface area contributed by atoms with E-state index in [4.69, 9.17) is 5.73 Å². The van der Waals surface area contributed by atoms with Gasteiger partial charge in [0.1, 0.15) is 11.5 Å². The van der Waals surface area contributed by atoms with E-state index in [2.05, 4.69) is 15.1 Å². The Labute approximate surface area is 81.6 Å². The first-order valence-corrected chi connectivity index (χ1v) is 4.26. The van der Waals surface area contributed by atoms with Crippen molar-refractivity contribution in [3.63, 3.8) is 0 Å². The first-order chi connectivity index (χ1) is 6.68. The van der Waals surface area contributed by atoms with Crippen LogP contribution in [0, 0.1) is 6.92 Å². The van der Waals surface area contributed by atoms with Gasteiger partial charge in [-0.1, -0.05) is 0 Å². The molecular weight excluding hydrogens is 178 g/mol. The van der Waals surface area contributed by atoms with Crippen LogP contribution in [0.25, 0.3) is 11.5 Å². The second-order valence-electron chi connectivity index (χ2n) is 3.10. The number of anilines is 1. The maximum atomic E-state index is 5.58. The van der Waals surface area contributed by atoms with Crippen LogP contribution >= 0.6 is 0 Å². The maximum Gasteiger partial charge on any atom is 0.180 e. The predicted molar refractivity (Wildman–Crippen MR) is 53.4 cm³/mol. The van der Waals surface area contributed by atoms with Gasteiger partial charge in [-0.25, -0.2) is 9.97 Å². The molecule has 0 amide bonds. The quantitative estimate of drug-likeness (QED) is 0.719. The third kappa shape index (κ3) is 1.32. The number of rotatable bonds is 1. The van der Waals surface area contributed by atoms with Crippen molar-refractivity contribution >= 4 is 5.82 Å². The fraction of sp³-hybridized carbons (Fsp3) is 0.222. The van der Waals surface area contributed by atoms with Crippen LogP contribution in [0.15, 0.2) is 18.5 Å². The summed E-state index contributed by atoms with van der Waals surface area (Å²) < 4.78 is 1.74. The van der Waals surface area contributed by atoms with E-state index < -0.39 is 0 Å². The van der Waals surface area contributed by atoms with Gasteiger partial charge in [-0.3, -0.25) is 4.68 Å². The Morgan fingerprint density at radius 3 is 2.79 bits per heavy atom. The molecule has 0 saturated heterocycles. The zero-order valence-corrected chi connectivity index (χ0v) is 8.10. The molecule has 5 heteroatoms. The number of hydrogen-bond donors (Lipinski definition) is 1. The van der Waals surface area contributed by atoms with Gasteiger partial charge in [0.05, 0.1) is 6.20 Å². The summed E-state index contributed by atoms with van der Waals surface area (Å²) in [7, 11) is 1.86. The minimum Gasteiger partial charge on any atom is -0.384 e. The van der Waals surface area contributed by atoms with Crippen LogP contribution < -0.4 is 5.73 Å². The molecule has 0 spiro atoms. The Morgan fingerprint density at radius 1 is 1.43 bits per heavy atom. The van der Waals surface area contributed by atoms with Gasteiger partial charge in [-0.2, -0.15) is 5.10 Å². The average molecular weight is 189 g/mol. The summed E-state index contributed by atoms with van der Waals surface area (Å²) in [5.74, 6) is 1.08. The average Bonchev–Trinajstić information content (AvgIpc) is 2.46. The lowest BCUT2D eigenvalue weighted by atomic mass is 10.2. The van der Waals surface area contributed by atoms with E-state index in [-0.39, 0.29) is 0 Å². The second kappa shape index (κ2) is 3.10. The minimum atomic E-state index is 0.468. The van der Waals surface area contributed by atoms with E-state index in [0.29, 0.717) is 11.6 Å². The molecule has 0 aliphatic rings. The summed E-state index contributed by atoms with van der Waals surface area (Å²) in [5, 5.41) is 4.12. The molecule has 0 unspecified atom stereocenters. The maximum absolute atomic E-state index is 5.58. The Balaban J connectivity index is 2.59. The Morgan fingerprint density at radius 2 is 2.21 bits per heavy atom. The number of aromatic nitrogens is 4. The topological polar surface area (TPSA) is 69.6 Å². The molecule has 0 atom stereocenters. The monoisotopic (exact) mass is 189 g/mol. The third-order valence-corrected chi connectivity index (χ3v) is 2.01. The lowest BCUT2D eigenvalue weighted by Gasteiger charge is -2.02. The Kier molecular flexibility index (Phi) is 1.92. The summed E-state index contributed by atoms with van der Waals surface area (Å²) in [4.78, 5) is 8.29. The van der Waals surface area contributed by atoms with Crippen molar-refractivity contribution in [2.45, 2.75) is 6.92 Å². The van der Waals surface area contributed by atoms with Crippen molar-refractivity contribution in [3.05, 3.63) is 24.0 Å². The highest BCUT2D eigenvalue weighted by molar-refractivity contribution is 5.55. The fourth-order valence-electron chi connectivity index (χ4n) is 1.36. The highest BCUT2D eigenvalue weighted by Gasteiger charge is 2.09. The van der Waals surface area contributed by atoms with E-state index in [0.717, 1.165) is 11.3 Å². The van der Waals surface area contributed by atoms with Crippen molar-refractivity contribution in [1.82, 2.24) is 19.7 Å². The van der Waals surface area contributed by atoms with Crippen LogP contribution in [0.4, 0.5) is 5.82 Å². The molecule has 0 aromatic carbocycles. The van der Waals surface area contributed by atoms with Gasteiger partial charge in [0.25, 0.3) is 0 Å². The van der Waals surface area contributed by atoms with Gasteiger partial charge in [0.15, 0.2) is 5.82 Å². The SMILES string of the molecule is Cc1cnn(C)c1-c1nccc(N)n1. The van der Waals surface area contributed by atoms with Crippen LogP contribution in [0.5, 0.6) is 0 Å². The van der Waals surface area contributed by atoms with Crippen LogP contribution in [0.1, 0.15) is 5.56 Å². The van der Waals surface area contributed by atoms with Crippen molar-refractivity contribution in [2.24, 2.45) is 7.05 Å². The smallest absolute Gasteiger partial charge is 0.180 e. The molecule has 5 nitrogen and oxygen atoms in total. The molecule has 72 valence electrons. The highest BCUT2D eigenvalue weighted by atomic mass is 15.3. The fourth-order valence-corrected chi connectivity index (χ4v) is 1.36. The van der Waals surface area contributed by atoms with Crippen LogP contribution in [0.3, 0.4) is 0 Å². The van der Waals surface area contributed by atoms with E-state index in [9.17, 15) is 0 Å². The lowest BCUT2D eigenvalue weighted by Crippen LogP contribution is -2.00. The number of nitrogens with two attached hydrogens (primary N) is 1. The molecule has 2 aromatic heterocycles. The van der Waals surface area contributed by atoms with Crippen molar-refractivity contribution < 1.29 is 0 Å². The van der Waals surface area contributed by atoms with Crippen LogP contribution in [-0.2, 0) is 7.05 Å². The van der Waals surface area contributed by atoms with Crippen molar-refractivity contribution in [2.75, 3.05) is 5.73 Å². The molecular formula is C9H11N5. The van der Waals surface area contributed by atoms with Crippen LogP contribution in [0.2, 0.25) is 0 Å². The highest BCUT2D eigenvalue weighted by Crippen LogP contribution is 2.18. The molecule has 2 rings (SSSR count). The second-order valence-corrected chi connectivity index (χ2v) is 3.10. The predicted octanol–water partition coefficient (Wildman–Crippen LogP) is 0.768. The zero-order chi connectivity index (χ0) is 10.1. The zero-order valence-electron chi connectivity index (χ0n) is 8.10. The number of aryl methyl sites for hydroxylation is 2. The molecule has 0 fully saturated rings. The standard InChI is InChI=1S/C9H11N5/c1-6-5-12-14(2)8(6)9-11-4-3-7(10)13-9/h3-5H,1-2H3,(H2,10,11,13). The first kappa shape index (κ1) is 8.68. The summed E-state index contributed by atoms with van der Waals surface area (Å²) in [6.07, 6.45) is 3.42. The number of nitrogen functional groups attached to an aromatic ring is 1. The molecule has 0 radical (unpaired) electrons. The van der Waals surface area contributed by atoms with Gasteiger partial charge in [-0.15, -0.1) is 0 Å². The molecule has 0 aliphatic carbocycles. The largest absolute Gasteiger partial charge is 0.384 e. The first-order valence-electron chi connectivity index (χ1n) is 4.26. The van der Waals surface area contributed by atoms with Gasteiger partial charge >= 0.3 is 0 Å². The van der Waals surface area contributed by atoms with Gasteiger partial charge in [0, 0.05) is 13.2 Å². The van der Waals surface area contributed by atoms with Crippen molar-refractivity contribution in [3.8, 4) is 11.5 Å². The van der Waals surface area contributed by atoms with Gasteiger partial charge in [0.2, 0.25) is 0 Å². The van der Waals surface area contributed by atoms with E-state index in [1.807, 2.05) is 14.0 Å². The molecule has 2 heterocycles. The minimum absolute atomic E-state index is 0.468. The van der Waals surface area contributed by atoms with E-state index in [1.165, 1.54) is 0 Å².